The highest BCUT2D eigenvalue weighted by Crippen LogP contribution is 2.28. The average Bonchev–Trinajstić information content (AvgIpc) is 3.07. The molecule has 2 aromatic carbocycles. The molecule has 0 aliphatic rings. The van der Waals surface area contributed by atoms with Crippen molar-refractivity contribution in [2.45, 2.75) is 54.0 Å². The lowest BCUT2D eigenvalue weighted by molar-refractivity contribution is -0.0597. The summed E-state index contributed by atoms with van der Waals surface area (Å²) < 4.78 is 7.23. The van der Waals surface area contributed by atoms with E-state index in [1.165, 1.54) is 0 Å². The van der Waals surface area contributed by atoms with Gasteiger partial charge in [0, 0.05) is 20.1 Å². The van der Waals surface area contributed by atoms with Crippen LogP contribution in [0.25, 0.3) is 10.9 Å². The number of hydrogen-bond acceptors (Lipinski definition) is 4. The second-order valence-electron chi connectivity index (χ2n) is 6.77. The first-order valence-electron chi connectivity index (χ1n) is 10.3. The zero-order valence-corrected chi connectivity index (χ0v) is 19.5. The van der Waals surface area contributed by atoms with Crippen LogP contribution >= 0.6 is 0 Å². The molecule has 5 heteroatoms. The van der Waals surface area contributed by atoms with Crippen molar-refractivity contribution < 1.29 is 9.57 Å². The Morgan fingerprint density at radius 3 is 2.21 bits per heavy atom. The Morgan fingerprint density at radius 1 is 1.03 bits per heavy atom. The Balaban J connectivity index is 0.000000268. The molecule has 0 N–H and O–H groups in total. The van der Waals surface area contributed by atoms with Crippen LogP contribution in [0.5, 0.6) is 11.5 Å². The highest BCUT2D eigenvalue weighted by atomic mass is 16.7. The Hall–Kier alpha value is -2.53. The summed E-state index contributed by atoms with van der Waals surface area (Å²) in [4.78, 5) is 5.64. The summed E-state index contributed by atoms with van der Waals surface area (Å²) in [5.41, 5.74) is 3.39. The van der Waals surface area contributed by atoms with Crippen LogP contribution in [0.1, 0.15) is 45.9 Å². The molecular weight excluding hydrogens is 362 g/mol. The van der Waals surface area contributed by atoms with Crippen LogP contribution in [0, 0.1) is 6.92 Å². The summed E-state index contributed by atoms with van der Waals surface area (Å²) in [6.45, 7) is 12.3. The second kappa shape index (κ2) is 12.1. The minimum atomic E-state index is 0.389. The van der Waals surface area contributed by atoms with Crippen molar-refractivity contribution in [3.05, 3.63) is 53.7 Å². The number of aryl methyl sites for hydroxylation is 3. The monoisotopic (exact) mass is 399 g/mol. The Morgan fingerprint density at radius 2 is 1.66 bits per heavy atom. The summed E-state index contributed by atoms with van der Waals surface area (Å²) in [6, 6.07) is 14.4. The smallest absolute Gasteiger partial charge is 0.150 e. The number of fused-ring (bicyclic) bond motifs is 1. The number of hydrogen-bond donors (Lipinski definition) is 0. The lowest BCUT2D eigenvalue weighted by Crippen LogP contribution is -2.29. The average molecular weight is 400 g/mol. The van der Waals surface area contributed by atoms with E-state index < -0.39 is 0 Å². The van der Waals surface area contributed by atoms with Gasteiger partial charge in [-0.3, -0.25) is 4.68 Å². The summed E-state index contributed by atoms with van der Waals surface area (Å²) in [5, 5.41) is 7.44. The van der Waals surface area contributed by atoms with Crippen molar-refractivity contribution >= 4 is 10.9 Å². The van der Waals surface area contributed by atoms with Gasteiger partial charge in [0.15, 0.2) is 0 Å². The second-order valence-corrected chi connectivity index (χ2v) is 6.77. The first-order valence-corrected chi connectivity index (χ1v) is 10.3. The van der Waals surface area contributed by atoms with E-state index in [0.29, 0.717) is 6.04 Å². The summed E-state index contributed by atoms with van der Waals surface area (Å²) >= 11 is 0. The van der Waals surface area contributed by atoms with Gasteiger partial charge in [0.2, 0.25) is 0 Å². The quantitative estimate of drug-likeness (QED) is 0.508. The van der Waals surface area contributed by atoms with E-state index >= 15 is 0 Å². The lowest BCUT2D eigenvalue weighted by atomic mass is 10.1. The van der Waals surface area contributed by atoms with Gasteiger partial charge in [-0.25, -0.2) is 0 Å². The minimum Gasteiger partial charge on any atom is -0.496 e. The van der Waals surface area contributed by atoms with Gasteiger partial charge in [-0.15, -0.1) is 5.06 Å². The topological polar surface area (TPSA) is 39.5 Å². The predicted octanol–water partition coefficient (Wildman–Crippen LogP) is 5.80. The molecule has 5 nitrogen and oxygen atoms in total. The number of aromatic nitrogens is 2. The molecule has 1 heterocycles. The fraction of sp³-hybridized carbons (Fsp3) is 0.458. The lowest BCUT2D eigenvalue weighted by Gasteiger charge is -2.22. The molecule has 0 fully saturated rings. The predicted molar refractivity (Wildman–Crippen MR) is 123 cm³/mol. The van der Waals surface area contributed by atoms with Crippen LogP contribution in [0.2, 0.25) is 0 Å². The maximum Gasteiger partial charge on any atom is 0.150 e. The van der Waals surface area contributed by atoms with E-state index in [-0.39, 0.29) is 0 Å². The standard InChI is InChI=1S/C11H14N2O.C11H17NO.C2H6/c1-4-8-11-9(13(2)12-8)6-5-7-10(11)14-3;1-9(2)12(4)13-11-8-6-5-7-10(11)3;1-2/h5-7H,4H2,1-3H3;5-9H,1-4H3;1-2H3. The molecular formula is C24H37N3O2. The molecule has 0 atom stereocenters. The van der Waals surface area contributed by atoms with Crippen LogP contribution in [0.3, 0.4) is 0 Å². The van der Waals surface area contributed by atoms with Gasteiger partial charge < -0.3 is 9.57 Å². The number of hydroxylamine groups is 2. The number of benzene rings is 2. The first kappa shape index (κ1) is 24.5. The molecule has 0 aliphatic carbocycles. The fourth-order valence-electron chi connectivity index (χ4n) is 2.70. The normalized spacial score (nSPS) is 10.3. The van der Waals surface area contributed by atoms with Crippen molar-refractivity contribution in [3.8, 4) is 11.5 Å². The molecule has 29 heavy (non-hydrogen) atoms. The van der Waals surface area contributed by atoms with E-state index in [4.69, 9.17) is 9.57 Å². The van der Waals surface area contributed by atoms with Gasteiger partial charge in [0.1, 0.15) is 11.5 Å². The van der Waals surface area contributed by atoms with Crippen LogP contribution in [-0.4, -0.2) is 35.0 Å². The zero-order chi connectivity index (χ0) is 22.0. The van der Waals surface area contributed by atoms with Crippen LogP contribution < -0.4 is 9.57 Å². The Kier molecular flexibility index (Phi) is 10.2. The van der Waals surface area contributed by atoms with Crippen molar-refractivity contribution in [3.63, 3.8) is 0 Å². The number of para-hydroxylation sites is 1. The molecule has 0 radical (unpaired) electrons. The number of methoxy groups -OCH3 is 1. The van der Waals surface area contributed by atoms with Crippen LogP contribution in [0.15, 0.2) is 42.5 Å². The first-order chi connectivity index (χ1) is 13.9. The van der Waals surface area contributed by atoms with E-state index in [9.17, 15) is 0 Å². The Bertz CT molecular complexity index is 872. The minimum absolute atomic E-state index is 0.389. The zero-order valence-electron chi connectivity index (χ0n) is 19.5. The van der Waals surface area contributed by atoms with E-state index in [1.807, 2.05) is 81.0 Å². The number of rotatable bonds is 5. The van der Waals surface area contributed by atoms with Gasteiger partial charge >= 0.3 is 0 Å². The van der Waals surface area contributed by atoms with Gasteiger partial charge in [-0.2, -0.15) is 5.10 Å². The van der Waals surface area contributed by atoms with Gasteiger partial charge in [-0.1, -0.05) is 45.0 Å². The maximum atomic E-state index is 5.64. The Labute approximate surface area is 176 Å². The van der Waals surface area contributed by atoms with Crippen molar-refractivity contribution in [2.24, 2.45) is 7.05 Å². The molecule has 3 aromatic rings. The summed E-state index contributed by atoms with van der Waals surface area (Å²) in [7, 11) is 5.60. The van der Waals surface area contributed by atoms with Gasteiger partial charge in [0.25, 0.3) is 0 Å². The third-order valence-electron chi connectivity index (χ3n) is 4.53. The largest absolute Gasteiger partial charge is 0.496 e. The number of ether oxygens (including phenoxy) is 1. The molecule has 1 aromatic heterocycles. The van der Waals surface area contributed by atoms with Gasteiger partial charge in [-0.05, 0) is 51.0 Å². The molecule has 0 saturated carbocycles. The molecule has 0 bridgehead atoms. The summed E-state index contributed by atoms with van der Waals surface area (Å²) in [5.74, 6) is 1.84. The molecule has 3 rings (SSSR count). The molecule has 0 saturated heterocycles. The molecule has 0 aliphatic heterocycles. The van der Waals surface area contributed by atoms with E-state index in [1.54, 1.807) is 7.11 Å². The molecule has 0 unspecified atom stereocenters. The van der Waals surface area contributed by atoms with E-state index in [0.717, 1.165) is 40.1 Å². The maximum absolute atomic E-state index is 5.64. The number of nitrogens with zero attached hydrogens (tertiary/aromatic N) is 3. The molecule has 160 valence electrons. The van der Waals surface area contributed by atoms with Gasteiger partial charge in [0.05, 0.1) is 23.7 Å². The van der Waals surface area contributed by atoms with Crippen LogP contribution in [-0.2, 0) is 13.5 Å². The fourth-order valence-corrected chi connectivity index (χ4v) is 2.70. The third kappa shape index (κ3) is 6.50. The van der Waals surface area contributed by atoms with Crippen molar-refractivity contribution in [1.82, 2.24) is 14.8 Å². The van der Waals surface area contributed by atoms with Crippen molar-refractivity contribution in [2.75, 3.05) is 14.2 Å². The van der Waals surface area contributed by atoms with E-state index in [2.05, 4.69) is 31.9 Å². The third-order valence-corrected chi connectivity index (χ3v) is 4.53. The molecule has 0 amide bonds. The highest BCUT2D eigenvalue weighted by Gasteiger charge is 2.11. The molecule has 0 spiro atoms. The summed E-state index contributed by atoms with van der Waals surface area (Å²) in [6.07, 6.45) is 0.928. The SMILES string of the molecule is CC.CCc1nn(C)c2cccc(OC)c12.Cc1ccccc1ON(C)C(C)C. The van der Waals surface area contributed by atoms with Crippen LogP contribution in [0.4, 0.5) is 0 Å². The van der Waals surface area contributed by atoms with Crippen molar-refractivity contribution in [1.29, 1.82) is 0 Å². The highest BCUT2D eigenvalue weighted by molar-refractivity contribution is 5.88.